The highest BCUT2D eigenvalue weighted by atomic mass is 16.5. The third-order valence-electron chi connectivity index (χ3n) is 7.53. The quantitative estimate of drug-likeness (QED) is 0.465. The van der Waals surface area contributed by atoms with Crippen LogP contribution in [-0.2, 0) is 11.3 Å². The molecule has 3 amide bonds. The van der Waals surface area contributed by atoms with Gasteiger partial charge in [0.05, 0.1) is 31.4 Å². The van der Waals surface area contributed by atoms with Crippen molar-refractivity contribution < 1.29 is 19.4 Å². The number of benzene rings is 3. The first kappa shape index (κ1) is 28.3. The Balaban J connectivity index is 1.61. The van der Waals surface area contributed by atoms with Crippen LogP contribution in [0.5, 0.6) is 0 Å². The number of carbonyl (C=O) groups excluding carboxylic acids is 2. The molecule has 0 aliphatic carbocycles. The number of likely N-dealkylation sites (N-methyl/N-ethyl adjacent to an activating group) is 1. The third-order valence-corrected chi connectivity index (χ3v) is 7.53. The molecule has 0 aromatic heterocycles. The maximum absolute atomic E-state index is 13.9. The minimum Gasteiger partial charge on any atom is -0.394 e. The third kappa shape index (κ3) is 6.67. The van der Waals surface area contributed by atoms with Gasteiger partial charge in [0.1, 0.15) is 0 Å². The van der Waals surface area contributed by atoms with E-state index in [-0.39, 0.29) is 42.7 Å². The van der Waals surface area contributed by atoms with Crippen LogP contribution in [0.25, 0.3) is 11.1 Å². The Morgan fingerprint density at radius 1 is 1.00 bits per heavy atom. The first-order valence-electron chi connectivity index (χ1n) is 13.6. The Labute approximate surface area is 231 Å². The van der Waals surface area contributed by atoms with Crippen molar-refractivity contribution in [2.45, 2.75) is 45.6 Å². The molecule has 3 aromatic rings. The Kier molecular flexibility index (Phi) is 9.38. The van der Waals surface area contributed by atoms with Crippen LogP contribution in [0.4, 0.5) is 4.79 Å². The summed E-state index contributed by atoms with van der Waals surface area (Å²) < 4.78 is 6.51. The molecule has 0 saturated carbocycles. The first-order chi connectivity index (χ1) is 18.8. The van der Waals surface area contributed by atoms with E-state index in [0.717, 1.165) is 22.3 Å². The summed E-state index contributed by atoms with van der Waals surface area (Å²) in [5, 5.41) is 13.1. The number of hydrogen-bond acceptors (Lipinski definition) is 4. The van der Waals surface area contributed by atoms with Crippen molar-refractivity contribution in [3.63, 3.8) is 0 Å². The number of nitrogens with zero attached hydrogens (tertiary/aromatic N) is 2. The number of carbonyl (C=O) groups is 2. The van der Waals surface area contributed by atoms with Gasteiger partial charge in [-0.3, -0.25) is 4.79 Å². The highest BCUT2D eigenvalue weighted by Crippen LogP contribution is 2.31. The van der Waals surface area contributed by atoms with Gasteiger partial charge < -0.3 is 25.0 Å². The lowest BCUT2D eigenvalue weighted by atomic mass is 9.94. The first-order valence-corrected chi connectivity index (χ1v) is 13.6. The van der Waals surface area contributed by atoms with E-state index in [2.05, 4.69) is 5.32 Å². The maximum atomic E-state index is 13.9. The Hall–Kier alpha value is -3.68. The molecule has 7 nitrogen and oxygen atoms in total. The highest BCUT2D eigenvalue weighted by Gasteiger charge is 2.31. The predicted octanol–water partition coefficient (Wildman–Crippen LogP) is 5.11. The smallest absolute Gasteiger partial charge is 0.317 e. The largest absolute Gasteiger partial charge is 0.394 e. The van der Waals surface area contributed by atoms with Crippen LogP contribution in [0.3, 0.4) is 0 Å². The summed E-state index contributed by atoms with van der Waals surface area (Å²) in [6, 6.07) is 24.7. The van der Waals surface area contributed by atoms with E-state index in [4.69, 9.17) is 4.74 Å². The van der Waals surface area contributed by atoms with Crippen molar-refractivity contribution in [2.24, 2.45) is 5.92 Å². The Morgan fingerprint density at radius 3 is 2.31 bits per heavy atom. The van der Waals surface area contributed by atoms with Crippen LogP contribution in [0, 0.1) is 5.92 Å². The number of rotatable bonds is 6. The van der Waals surface area contributed by atoms with Crippen LogP contribution in [0.15, 0.2) is 78.9 Å². The summed E-state index contributed by atoms with van der Waals surface area (Å²) in [6.45, 7) is 6.76. The number of aliphatic hydroxyl groups is 1. The zero-order valence-electron chi connectivity index (χ0n) is 23.2. The summed E-state index contributed by atoms with van der Waals surface area (Å²) in [5.74, 6) is -0.237. The molecule has 0 saturated heterocycles. The molecular formula is C32H39N3O4. The molecule has 4 atom stereocenters. The zero-order valence-corrected chi connectivity index (χ0v) is 23.2. The second-order valence-corrected chi connectivity index (χ2v) is 10.5. The van der Waals surface area contributed by atoms with E-state index >= 15 is 0 Å². The van der Waals surface area contributed by atoms with Crippen LogP contribution in [0.2, 0.25) is 0 Å². The molecule has 2 N–H and O–H groups in total. The highest BCUT2D eigenvalue weighted by molar-refractivity contribution is 6.01. The van der Waals surface area contributed by atoms with Gasteiger partial charge in [-0.05, 0) is 42.2 Å². The summed E-state index contributed by atoms with van der Waals surface area (Å²) in [7, 11) is 1.76. The molecule has 0 fully saturated rings. The summed E-state index contributed by atoms with van der Waals surface area (Å²) in [5.41, 5.74) is 4.39. The van der Waals surface area contributed by atoms with Crippen LogP contribution < -0.4 is 5.32 Å². The van der Waals surface area contributed by atoms with Crippen molar-refractivity contribution >= 4 is 11.9 Å². The van der Waals surface area contributed by atoms with Crippen molar-refractivity contribution in [2.75, 3.05) is 26.7 Å². The zero-order chi connectivity index (χ0) is 27.9. The van der Waals surface area contributed by atoms with Crippen LogP contribution in [-0.4, -0.2) is 65.7 Å². The number of aliphatic hydroxyl groups excluding tert-OH is 1. The van der Waals surface area contributed by atoms with E-state index in [1.54, 1.807) is 16.8 Å². The fourth-order valence-electron chi connectivity index (χ4n) is 5.02. The predicted molar refractivity (Wildman–Crippen MR) is 153 cm³/mol. The van der Waals surface area contributed by atoms with E-state index in [1.807, 2.05) is 99.6 Å². The summed E-state index contributed by atoms with van der Waals surface area (Å²) in [4.78, 5) is 30.4. The molecule has 0 spiro atoms. The molecule has 39 heavy (non-hydrogen) atoms. The topological polar surface area (TPSA) is 82.1 Å². The fraction of sp³-hybridized carbons (Fsp3) is 0.375. The maximum Gasteiger partial charge on any atom is 0.317 e. The van der Waals surface area contributed by atoms with Gasteiger partial charge in [-0.2, -0.15) is 0 Å². The average Bonchev–Trinajstić information content (AvgIpc) is 2.98. The summed E-state index contributed by atoms with van der Waals surface area (Å²) in [6.07, 6.45) is -0.344. The van der Waals surface area contributed by atoms with Gasteiger partial charge in [0, 0.05) is 31.6 Å². The van der Waals surface area contributed by atoms with Gasteiger partial charge in [0.25, 0.3) is 5.91 Å². The van der Waals surface area contributed by atoms with Crippen molar-refractivity contribution in [3.05, 3.63) is 95.6 Å². The normalized spacial score (nSPS) is 19.2. The van der Waals surface area contributed by atoms with Gasteiger partial charge in [-0.15, -0.1) is 0 Å². The molecule has 7 heteroatoms. The summed E-state index contributed by atoms with van der Waals surface area (Å²) >= 11 is 0. The lowest BCUT2D eigenvalue weighted by Gasteiger charge is -2.35. The molecule has 1 heterocycles. The Bertz CT molecular complexity index is 1270. The molecule has 1 aliphatic rings. The molecule has 0 radical (unpaired) electrons. The van der Waals surface area contributed by atoms with Crippen LogP contribution >= 0.6 is 0 Å². The van der Waals surface area contributed by atoms with E-state index < -0.39 is 0 Å². The second-order valence-electron chi connectivity index (χ2n) is 10.5. The molecule has 0 bridgehead atoms. The monoisotopic (exact) mass is 529 g/mol. The molecule has 206 valence electrons. The molecule has 4 rings (SSSR count). The molecular weight excluding hydrogens is 490 g/mol. The number of urea groups is 1. The standard InChI is InChI=1S/C32H39N3O4/c1-22-18-35(23(2)20-36)31(37)29-17-11-10-16-28(29)27-15-9-8-14-26(27)21-39-30(22)19-34(4)32(38)33-24(3)25-12-6-5-7-13-25/h5-17,22-24,30,36H,18-21H2,1-4H3,(H,33,38)/t22-,23+,24-,30+/m1/s1. The number of amides is 3. The van der Waals surface area contributed by atoms with Gasteiger partial charge in [0.2, 0.25) is 0 Å². The number of nitrogens with one attached hydrogen (secondary N) is 1. The number of hydrogen-bond donors (Lipinski definition) is 2. The lowest BCUT2D eigenvalue weighted by molar-refractivity contribution is -0.0185. The minimum absolute atomic E-state index is 0.109. The van der Waals surface area contributed by atoms with E-state index in [1.165, 1.54) is 0 Å². The van der Waals surface area contributed by atoms with Gasteiger partial charge in [-0.1, -0.05) is 79.7 Å². The van der Waals surface area contributed by atoms with Crippen molar-refractivity contribution in [1.29, 1.82) is 0 Å². The fourth-order valence-corrected chi connectivity index (χ4v) is 5.02. The molecule has 0 unspecified atom stereocenters. The van der Waals surface area contributed by atoms with E-state index in [0.29, 0.717) is 25.3 Å². The second kappa shape index (κ2) is 12.9. The Morgan fingerprint density at radius 2 is 1.62 bits per heavy atom. The number of fused-ring (bicyclic) bond motifs is 3. The van der Waals surface area contributed by atoms with Crippen molar-refractivity contribution in [1.82, 2.24) is 15.1 Å². The minimum atomic E-state index is -0.377. The van der Waals surface area contributed by atoms with Gasteiger partial charge in [0.15, 0.2) is 0 Å². The molecule has 3 aromatic carbocycles. The number of ether oxygens (including phenoxy) is 1. The van der Waals surface area contributed by atoms with E-state index in [9.17, 15) is 14.7 Å². The average molecular weight is 530 g/mol. The van der Waals surface area contributed by atoms with Gasteiger partial charge in [-0.25, -0.2) is 4.79 Å². The van der Waals surface area contributed by atoms with Crippen molar-refractivity contribution in [3.8, 4) is 11.1 Å². The SMILES string of the molecule is C[C@@H]1CN([C@@H](C)CO)C(=O)c2ccccc2-c2ccccc2CO[C@H]1CN(C)C(=O)N[C@H](C)c1ccccc1. The van der Waals surface area contributed by atoms with Crippen LogP contribution in [0.1, 0.15) is 48.3 Å². The molecule has 1 aliphatic heterocycles. The lowest BCUT2D eigenvalue weighted by Crippen LogP contribution is -2.49. The van der Waals surface area contributed by atoms with Gasteiger partial charge >= 0.3 is 6.03 Å².